The number of alkyl halides is 6. The van der Waals surface area contributed by atoms with E-state index < -0.39 is 23.5 Å². The predicted octanol–water partition coefficient (Wildman–Crippen LogP) is 6.56. The summed E-state index contributed by atoms with van der Waals surface area (Å²) in [6.07, 6.45) is -5.91. The third kappa shape index (κ3) is 6.97. The molecule has 3 rings (SSSR count). The van der Waals surface area contributed by atoms with Crippen LogP contribution in [0.5, 0.6) is 0 Å². The van der Waals surface area contributed by atoms with Gasteiger partial charge in [0.25, 0.3) is 0 Å². The fourth-order valence-electron chi connectivity index (χ4n) is 3.93. The molecule has 1 N–H and O–H groups in total. The first kappa shape index (κ1) is 23.6. The maximum absolute atomic E-state index is 13.0. The minimum Gasteiger partial charge on any atom is -0.375 e. The number of benzene rings is 2. The van der Waals surface area contributed by atoms with Crippen LogP contribution in [0.3, 0.4) is 0 Å². The van der Waals surface area contributed by atoms with Crippen LogP contribution in [0.4, 0.5) is 26.3 Å². The van der Waals surface area contributed by atoms with Crippen LogP contribution in [0.15, 0.2) is 48.5 Å². The van der Waals surface area contributed by atoms with Gasteiger partial charge in [0.05, 0.1) is 24.3 Å². The van der Waals surface area contributed by atoms with Gasteiger partial charge >= 0.3 is 12.4 Å². The Labute approximate surface area is 177 Å². The molecule has 8 heteroatoms. The van der Waals surface area contributed by atoms with Crippen LogP contribution in [0, 0.1) is 0 Å². The minimum atomic E-state index is -4.86. The highest BCUT2D eigenvalue weighted by Crippen LogP contribution is 2.36. The first-order chi connectivity index (χ1) is 14.6. The zero-order valence-electron chi connectivity index (χ0n) is 16.9. The van der Waals surface area contributed by atoms with E-state index in [4.69, 9.17) is 4.74 Å². The molecule has 0 saturated carbocycles. The molecule has 0 spiro atoms. The van der Waals surface area contributed by atoms with Gasteiger partial charge in [-0.15, -0.1) is 0 Å². The molecule has 2 aromatic rings. The molecule has 0 bridgehead atoms. The molecule has 1 fully saturated rings. The number of halogens is 6. The molecule has 1 saturated heterocycles. The van der Waals surface area contributed by atoms with Gasteiger partial charge in [0.2, 0.25) is 0 Å². The Hall–Kier alpha value is -2.06. The standard InChI is InChI=1S/C23H25F6NO/c24-22(25,26)19-11-16(12-20(13-19)23(27,28)29)14-31-15-21-9-8-18(7-4-10-30-21)17-5-2-1-3-6-17/h1-3,5-6,11-13,18,21,30H,4,7-10,14-15H2. The molecular formula is C23H25F6NO. The van der Waals surface area contributed by atoms with Crippen molar-refractivity contribution in [2.24, 2.45) is 0 Å². The lowest BCUT2D eigenvalue weighted by atomic mass is 9.87. The third-order valence-corrected chi connectivity index (χ3v) is 5.53. The topological polar surface area (TPSA) is 21.3 Å². The van der Waals surface area contributed by atoms with Crippen molar-refractivity contribution in [1.82, 2.24) is 5.32 Å². The Morgan fingerprint density at radius 3 is 2.10 bits per heavy atom. The van der Waals surface area contributed by atoms with E-state index in [2.05, 4.69) is 17.4 Å². The Morgan fingerprint density at radius 2 is 1.48 bits per heavy atom. The van der Waals surface area contributed by atoms with Crippen molar-refractivity contribution in [1.29, 1.82) is 0 Å². The number of hydrogen-bond acceptors (Lipinski definition) is 2. The lowest BCUT2D eigenvalue weighted by Gasteiger charge is -2.26. The van der Waals surface area contributed by atoms with Crippen LogP contribution in [-0.2, 0) is 23.7 Å². The van der Waals surface area contributed by atoms with Gasteiger partial charge in [-0.2, -0.15) is 26.3 Å². The summed E-state index contributed by atoms with van der Waals surface area (Å²) in [5, 5.41) is 3.37. The van der Waals surface area contributed by atoms with Crippen LogP contribution in [-0.4, -0.2) is 19.2 Å². The molecular weight excluding hydrogens is 420 g/mol. The van der Waals surface area contributed by atoms with Crippen LogP contribution in [0.1, 0.15) is 53.9 Å². The van der Waals surface area contributed by atoms with Gasteiger partial charge in [0, 0.05) is 6.04 Å². The predicted molar refractivity (Wildman–Crippen MR) is 106 cm³/mol. The van der Waals surface area contributed by atoms with E-state index in [9.17, 15) is 26.3 Å². The van der Waals surface area contributed by atoms with Crippen LogP contribution in [0.2, 0.25) is 0 Å². The summed E-state index contributed by atoms with van der Waals surface area (Å²) >= 11 is 0. The van der Waals surface area contributed by atoms with Crippen molar-refractivity contribution in [3.05, 3.63) is 70.8 Å². The van der Waals surface area contributed by atoms with Gasteiger partial charge in [-0.1, -0.05) is 30.3 Å². The van der Waals surface area contributed by atoms with Crippen LogP contribution >= 0.6 is 0 Å². The molecule has 1 heterocycles. The van der Waals surface area contributed by atoms with E-state index in [-0.39, 0.29) is 30.9 Å². The molecule has 1 aliphatic rings. The van der Waals surface area contributed by atoms with Gasteiger partial charge in [0.15, 0.2) is 0 Å². The van der Waals surface area contributed by atoms with Crippen LogP contribution < -0.4 is 5.32 Å². The first-order valence-corrected chi connectivity index (χ1v) is 10.3. The fraction of sp³-hybridized carbons (Fsp3) is 0.478. The van der Waals surface area contributed by atoms with Crippen molar-refractivity contribution in [3.8, 4) is 0 Å². The first-order valence-electron chi connectivity index (χ1n) is 10.3. The second kappa shape index (κ2) is 10.0. The highest BCUT2D eigenvalue weighted by Gasteiger charge is 2.36. The van der Waals surface area contributed by atoms with Gasteiger partial charge in [-0.25, -0.2) is 0 Å². The second-order valence-corrected chi connectivity index (χ2v) is 7.91. The number of hydrogen-bond donors (Lipinski definition) is 1. The number of ether oxygens (including phenoxy) is 1. The van der Waals surface area contributed by atoms with Crippen molar-refractivity contribution >= 4 is 0 Å². The second-order valence-electron chi connectivity index (χ2n) is 7.91. The van der Waals surface area contributed by atoms with Gasteiger partial charge in [-0.3, -0.25) is 0 Å². The highest BCUT2D eigenvalue weighted by molar-refractivity contribution is 5.33. The molecule has 2 nitrogen and oxygen atoms in total. The van der Waals surface area contributed by atoms with E-state index in [1.54, 1.807) is 0 Å². The van der Waals surface area contributed by atoms with Crippen molar-refractivity contribution in [2.75, 3.05) is 13.2 Å². The smallest absolute Gasteiger partial charge is 0.375 e. The summed E-state index contributed by atoms with van der Waals surface area (Å²) in [5.41, 5.74) is -1.51. The zero-order chi connectivity index (χ0) is 22.5. The maximum Gasteiger partial charge on any atom is 0.416 e. The number of rotatable bonds is 5. The summed E-state index contributed by atoms with van der Waals surface area (Å²) in [6.45, 7) is 0.700. The van der Waals surface area contributed by atoms with E-state index >= 15 is 0 Å². The summed E-state index contributed by atoms with van der Waals surface area (Å²) < 4.78 is 83.5. The molecule has 0 aliphatic carbocycles. The monoisotopic (exact) mass is 445 g/mol. The van der Waals surface area contributed by atoms with Crippen LogP contribution in [0.25, 0.3) is 0 Å². The van der Waals surface area contributed by atoms with Gasteiger partial charge in [0.1, 0.15) is 0 Å². The van der Waals surface area contributed by atoms with E-state index in [1.165, 1.54) is 5.56 Å². The summed E-state index contributed by atoms with van der Waals surface area (Å²) in [5.74, 6) is 0.434. The maximum atomic E-state index is 13.0. The minimum absolute atomic E-state index is 0.000558. The molecule has 31 heavy (non-hydrogen) atoms. The van der Waals surface area contributed by atoms with E-state index in [0.717, 1.165) is 32.2 Å². The fourth-order valence-corrected chi connectivity index (χ4v) is 3.93. The number of nitrogens with one attached hydrogen (secondary N) is 1. The molecule has 2 atom stereocenters. The Bertz CT molecular complexity index is 802. The normalized spacial score (nSPS) is 20.8. The summed E-state index contributed by atoms with van der Waals surface area (Å²) in [4.78, 5) is 0. The lowest BCUT2D eigenvalue weighted by molar-refractivity contribution is -0.143. The Kier molecular flexibility index (Phi) is 7.64. The van der Waals surface area contributed by atoms with Gasteiger partial charge < -0.3 is 10.1 Å². The van der Waals surface area contributed by atoms with Gasteiger partial charge in [-0.05, 0) is 67.5 Å². The van der Waals surface area contributed by atoms with Crippen molar-refractivity contribution < 1.29 is 31.1 Å². The Balaban J connectivity index is 1.60. The highest BCUT2D eigenvalue weighted by atomic mass is 19.4. The zero-order valence-corrected chi connectivity index (χ0v) is 16.9. The summed E-state index contributed by atoms with van der Waals surface area (Å²) in [6, 6.07) is 11.8. The SMILES string of the molecule is FC(F)(F)c1cc(COCC2CCC(c3ccccc3)CCCN2)cc(C(F)(F)F)c1. The average Bonchev–Trinajstić information content (AvgIpc) is 2.69. The third-order valence-electron chi connectivity index (χ3n) is 5.53. The summed E-state index contributed by atoms with van der Waals surface area (Å²) in [7, 11) is 0. The molecule has 2 aromatic carbocycles. The molecule has 1 aliphatic heterocycles. The van der Waals surface area contributed by atoms with E-state index in [0.29, 0.717) is 18.1 Å². The lowest BCUT2D eigenvalue weighted by Crippen LogP contribution is -2.36. The van der Waals surface area contributed by atoms with Crippen molar-refractivity contribution in [2.45, 2.75) is 56.6 Å². The molecule has 0 aromatic heterocycles. The average molecular weight is 445 g/mol. The quantitative estimate of drug-likeness (QED) is 0.527. The Morgan fingerprint density at radius 1 is 0.839 bits per heavy atom. The van der Waals surface area contributed by atoms with Crippen molar-refractivity contribution in [3.63, 3.8) is 0 Å². The van der Waals surface area contributed by atoms with E-state index in [1.807, 2.05) is 18.2 Å². The molecule has 2 unspecified atom stereocenters. The molecule has 170 valence electrons. The molecule has 0 amide bonds. The molecule has 0 radical (unpaired) electrons. The largest absolute Gasteiger partial charge is 0.416 e.